The number of methoxy groups -OCH3 is 2. The Morgan fingerprint density at radius 2 is 0.987 bits per heavy atom. The van der Waals surface area contributed by atoms with E-state index in [4.69, 9.17) is 14.6 Å². The number of alkyl halides is 6. The van der Waals surface area contributed by atoms with Gasteiger partial charge < -0.3 is 45.2 Å². The highest BCUT2D eigenvalue weighted by molar-refractivity contribution is 5.79. The summed E-state index contributed by atoms with van der Waals surface area (Å²) in [6.45, 7) is 14.8. The Morgan fingerprint density at radius 1 is 0.608 bits per heavy atom. The van der Waals surface area contributed by atoms with E-state index >= 15 is 0 Å². The Kier molecular flexibility index (Phi) is 21.8. The van der Waals surface area contributed by atoms with Crippen LogP contribution in [0.15, 0.2) is 84.9 Å². The summed E-state index contributed by atoms with van der Waals surface area (Å²) in [5, 5.41) is 39.8. The molecule has 4 saturated heterocycles. The Labute approximate surface area is 455 Å². The van der Waals surface area contributed by atoms with Crippen molar-refractivity contribution in [1.82, 2.24) is 20.0 Å². The molecule has 0 radical (unpaired) electrons. The second kappa shape index (κ2) is 28.2. The molecule has 0 bridgehead atoms. The molecular weight excluding hydrogens is 1050 g/mol. The van der Waals surface area contributed by atoms with Crippen molar-refractivity contribution in [2.24, 2.45) is 11.8 Å². The van der Waals surface area contributed by atoms with Crippen molar-refractivity contribution in [2.75, 3.05) is 126 Å². The van der Waals surface area contributed by atoms with Crippen molar-refractivity contribution < 1.29 is 60.4 Å². The Bertz CT molecular complexity index is 2620. The van der Waals surface area contributed by atoms with Gasteiger partial charge in [-0.1, -0.05) is 13.8 Å². The van der Waals surface area contributed by atoms with Crippen molar-refractivity contribution in [1.29, 1.82) is 0 Å². The third-order valence-corrected chi connectivity index (χ3v) is 14.4. The van der Waals surface area contributed by atoms with Gasteiger partial charge in [0.25, 0.3) is 11.4 Å². The summed E-state index contributed by atoms with van der Waals surface area (Å²) in [6.07, 6.45) is -6.80. The van der Waals surface area contributed by atoms with Crippen LogP contribution in [0.5, 0.6) is 11.5 Å². The first-order valence-corrected chi connectivity index (χ1v) is 26.2. The molecule has 4 N–H and O–H groups in total. The number of hydrogen-bond donors (Lipinski definition) is 4. The van der Waals surface area contributed by atoms with Crippen LogP contribution in [-0.2, 0) is 21.9 Å². The van der Waals surface area contributed by atoms with E-state index < -0.39 is 50.7 Å². The molecule has 432 valence electrons. The second-order valence-corrected chi connectivity index (χ2v) is 20.0. The minimum absolute atomic E-state index is 0.0822. The maximum atomic E-state index is 13.3. The van der Waals surface area contributed by atoms with Gasteiger partial charge in [0.2, 0.25) is 5.91 Å². The van der Waals surface area contributed by atoms with Gasteiger partial charge in [0.15, 0.2) is 0 Å². The summed E-state index contributed by atoms with van der Waals surface area (Å²) in [7, 11) is 3.31. The number of aliphatic carboxylic acids is 1. The highest BCUT2D eigenvalue weighted by atomic mass is 19.4. The minimum atomic E-state index is -4.83. The molecule has 0 aromatic heterocycles. The SMILES string of the molecule is COc1ccc(N2CCN(C[C@H](C)C(=O)N3CCC(Nc4ccc([N+](=O)[O-])c(C(F)(F)F)c4)CC3)CC2)cc1.COc1ccc(N2CCN(C[C@H](C)C(=O)O)CC2)cc1.O=[N+]([O-])c1ccc(NC2CCNCC2)cc1C(F)(F)F. The van der Waals surface area contributed by atoms with Crippen LogP contribution in [0.3, 0.4) is 0 Å². The smallest absolute Gasteiger partial charge is 0.423 e. The summed E-state index contributed by atoms with van der Waals surface area (Å²) < 4.78 is 88.7. The molecule has 0 unspecified atom stereocenters. The first kappa shape index (κ1) is 61.1. The average molecular weight is 1120 g/mol. The molecule has 2 atom stereocenters. The molecule has 4 aliphatic heterocycles. The quantitative estimate of drug-likeness (QED) is 0.0469. The second-order valence-electron chi connectivity index (χ2n) is 20.0. The van der Waals surface area contributed by atoms with Crippen LogP contribution in [0.25, 0.3) is 0 Å². The Morgan fingerprint density at radius 3 is 1.34 bits per heavy atom. The van der Waals surface area contributed by atoms with Crippen LogP contribution >= 0.6 is 0 Å². The number of carboxylic acid groups (broad SMARTS) is 1. The zero-order valence-corrected chi connectivity index (χ0v) is 44.7. The van der Waals surface area contributed by atoms with Crippen molar-refractivity contribution >= 4 is 46.0 Å². The molecule has 0 saturated carbocycles. The van der Waals surface area contributed by atoms with Gasteiger partial charge in [0, 0.05) is 131 Å². The fourth-order valence-corrected chi connectivity index (χ4v) is 9.91. The fourth-order valence-electron chi connectivity index (χ4n) is 9.91. The number of carbonyl (C=O) groups is 2. The molecule has 4 heterocycles. The zero-order valence-electron chi connectivity index (χ0n) is 44.7. The van der Waals surface area contributed by atoms with E-state index in [1.807, 2.05) is 36.1 Å². The summed E-state index contributed by atoms with van der Waals surface area (Å²) in [5.74, 6) is 0.589. The van der Waals surface area contributed by atoms with Gasteiger partial charge in [-0.05, 0) is 112 Å². The van der Waals surface area contributed by atoms with Crippen LogP contribution in [0, 0.1) is 32.1 Å². The van der Waals surface area contributed by atoms with E-state index in [0.717, 1.165) is 120 Å². The summed E-state index contributed by atoms with van der Waals surface area (Å²) >= 11 is 0. The van der Waals surface area contributed by atoms with Gasteiger partial charge in [-0.2, -0.15) is 26.3 Å². The first-order chi connectivity index (χ1) is 37.5. The van der Waals surface area contributed by atoms with Gasteiger partial charge in [0.1, 0.15) is 22.6 Å². The lowest BCUT2D eigenvalue weighted by Gasteiger charge is -2.38. The van der Waals surface area contributed by atoms with E-state index in [1.165, 1.54) is 17.8 Å². The fraction of sp³-hybridized carbons (Fsp3) is 0.519. The number of nitro groups is 2. The number of piperidine rings is 2. The van der Waals surface area contributed by atoms with Crippen molar-refractivity contribution in [3.8, 4) is 11.5 Å². The Hall–Kier alpha value is -7.12. The van der Waals surface area contributed by atoms with Gasteiger partial charge in [-0.15, -0.1) is 0 Å². The molecule has 0 aliphatic carbocycles. The van der Waals surface area contributed by atoms with E-state index in [2.05, 4.69) is 59.8 Å². The molecular formula is C54H70F6N10O9. The summed E-state index contributed by atoms with van der Waals surface area (Å²) in [6, 6.07) is 22.0. The van der Waals surface area contributed by atoms with E-state index in [1.54, 1.807) is 21.1 Å². The van der Waals surface area contributed by atoms with E-state index in [9.17, 15) is 56.2 Å². The number of piperazine rings is 2. The van der Waals surface area contributed by atoms with E-state index in [-0.39, 0.29) is 41.2 Å². The molecule has 25 heteroatoms. The molecule has 19 nitrogen and oxygen atoms in total. The number of benzene rings is 4. The highest BCUT2D eigenvalue weighted by Gasteiger charge is 2.40. The number of carbonyl (C=O) groups excluding carboxylic acids is 1. The summed E-state index contributed by atoms with van der Waals surface area (Å²) in [4.78, 5) is 54.6. The normalized spacial score (nSPS) is 17.7. The van der Waals surface area contributed by atoms with Crippen LogP contribution in [-0.4, -0.2) is 159 Å². The molecule has 79 heavy (non-hydrogen) atoms. The number of halogens is 6. The molecule has 4 aromatic carbocycles. The van der Waals surface area contributed by atoms with Gasteiger partial charge in [-0.3, -0.25) is 39.6 Å². The number of anilines is 4. The third kappa shape index (κ3) is 17.9. The number of nitrogens with zero attached hydrogens (tertiary/aromatic N) is 7. The van der Waals surface area contributed by atoms with E-state index in [0.29, 0.717) is 39.0 Å². The number of carboxylic acids is 1. The molecule has 4 aromatic rings. The lowest BCUT2D eigenvalue weighted by Crippen LogP contribution is -2.50. The molecule has 1 amide bonds. The topological polar surface area (TPSA) is 211 Å². The highest BCUT2D eigenvalue weighted by Crippen LogP contribution is 2.39. The lowest BCUT2D eigenvalue weighted by molar-refractivity contribution is -0.388. The third-order valence-electron chi connectivity index (χ3n) is 14.4. The largest absolute Gasteiger partial charge is 0.497 e. The molecule has 8 rings (SSSR count). The monoisotopic (exact) mass is 1120 g/mol. The predicted molar refractivity (Wildman–Crippen MR) is 288 cm³/mol. The van der Waals surface area contributed by atoms with Crippen LogP contribution in [0.4, 0.5) is 60.5 Å². The van der Waals surface area contributed by atoms with Crippen molar-refractivity contribution in [3.05, 3.63) is 116 Å². The number of nitrogens with one attached hydrogen (secondary N) is 3. The average Bonchev–Trinajstić information content (AvgIpc) is 3.46. The Balaban J connectivity index is 0.000000211. The number of likely N-dealkylation sites (tertiary alicyclic amines) is 1. The van der Waals surface area contributed by atoms with Crippen LogP contribution < -0.4 is 35.2 Å². The zero-order chi connectivity index (χ0) is 57.4. The summed E-state index contributed by atoms with van der Waals surface area (Å²) in [5.41, 5.74) is -1.60. The molecule has 4 fully saturated rings. The van der Waals surface area contributed by atoms with Crippen LogP contribution in [0.1, 0.15) is 50.7 Å². The lowest BCUT2D eigenvalue weighted by atomic mass is 10.0. The number of nitro benzene ring substituents is 2. The van der Waals surface area contributed by atoms with Gasteiger partial charge in [0.05, 0.1) is 30.0 Å². The standard InChI is InChI=1S/C27H34F3N5O4.C15H22N2O3.C12H14F3N3O2/c1-19(18-32-13-15-33(16-14-32)22-4-6-23(39-2)7-5-22)26(36)34-11-9-20(10-12-34)31-21-3-8-25(35(37)38)24(17-21)27(28,29)30;1-12(15(18)19)11-16-7-9-17(10-8-16)13-3-5-14(20-2)6-4-13;13-12(14,15)10-7-9(1-2-11(10)18(19)20)17-8-3-5-16-6-4-8/h3-8,17,19-20,31H,9-16,18H2,1-2H3;3-6,12H,7-11H2,1-2H3,(H,18,19);1-2,7-8,16-17H,3-6H2/t19-;12-;/m00./s1. The number of amides is 1. The van der Waals surface area contributed by atoms with Crippen molar-refractivity contribution in [3.63, 3.8) is 0 Å². The first-order valence-electron chi connectivity index (χ1n) is 26.2. The van der Waals surface area contributed by atoms with Crippen LogP contribution in [0.2, 0.25) is 0 Å². The predicted octanol–water partition coefficient (Wildman–Crippen LogP) is 8.80. The molecule has 0 spiro atoms. The molecule has 4 aliphatic rings. The minimum Gasteiger partial charge on any atom is -0.497 e. The number of rotatable bonds is 16. The number of hydrogen-bond acceptors (Lipinski definition) is 15. The number of ether oxygens (including phenoxy) is 2. The van der Waals surface area contributed by atoms with Gasteiger partial charge in [-0.25, -0.2) is 0 Å². The van der Waals surface area contributed by atoms with Gasteiger partial charge >= 0.3 is 18.3 Å². The van der Waals surface area contributed by atoms with Crippen molar-refractivity contribution in [2.45, 2.75) is 64.0 Å². The maximum Gasteiger partial charge on any atom is 0.423 e. The maximum absolute atomic E-state index is 13.3.